The topological polar surface area (TPSA) is 69.0 Å². The maximum Gasteiger partial charge on any atom is 0.265 e. The summed E-state index contributed by atoms with van der Waals surface area (Å²) < 4.78 is 7.53. The van der Waals surface area contributed by atoms with Gasteiger partial charge in [-0.25, -0.2) is 4.98 Å². The van der Waals surface area contributed by atoms with Crippen LogP contribution in [0.1, 0.15) is 12.6 Å². The van der Waals surface area contributed by atoms with E-state index in [2.05, 4.69) is 27.5 Å². The number of carbonyl (C=O) groups excluding carboxylic acids is 1. The first kappa shape index (κ1) is 18.7. The monoisotopic (exact) mass is 386 g/mol. The molecule has 146 valence electrons. The van der Waals surface area contributed by atoms with Crippen LogP contribution in [0.4, 0.5) is 5.69 Å². The van der Waals surface area contributed by atoms with E-state index in [4.69, 9.17) is 4.74 Å². The summed E-state index contributed by atoms with van der Waals surface area (Å²) in [4.78, 5) is 16.9. The highest BCUT2D eigenvalue weighted by Crippen LogP contribution is 2.23. The minimum atomic E-state index is -0.650. The maximum atomic E-state index is 12.5. The minimum absolute atomic E-state index is 0.236. The number of benzene rings is 2. The number of fused-ring (bicyclic) bond motifs is 1. The van der Waals surface area contributed by atoms with E-state index in [1.165, 1.54) is 0 Å². The Morgan fingerprint density at radius 3 is 2.48 bits per heavy atom. The number of hydrogen-bond donors (Lipinski definition) is 1. The number of rotatable bonds is 5. The number of amides is 1. The molecular formula is C23H22N4O2. The van der Waals surface area contributed by atoms with Crippen LogP contribution in [0, 0.1) is 6.92 Å². The molecule has 0 saturated carbocycles. The van der Waals surface area contributed by atoms with Crippen LogP contribution in [-0.4, -0.2) is 26.8 Å². The van der Waals surface area contributed by atoms with Gasteiger partial charge in [0, 0.05) is 12.4 Å². The third-order valence-corrected chi connectivity index (χ3v) is 4.77. The molecule has 0 radical (unpaired) electrons. The second-order valence-electron chi connectivity index (χ2n) is 6.94. The lowest BCUT2D eigenvalue weighted by atomic mass is 10.1. The molecule has 6 heteroatoms. The Labute approximate surface area is 169 Å². The Kier molecular flexibility index (Phi) is 4.99. The van der Waals surface area contributed by atoms with Gasteiger partial charge >= 0.3 is 0 Å². The fourth-order valence-corrected chi connectivity index (χ4v) is 3.23. The SMILES string of the molecule is Cc1nn(C)c2ncc(NC(=O)C(C)Oc3ccc(-c4ccccc4)cc3)cc12. The predicted octanol–water partition coefficient (Wildman–Crippen LogP) is 4.35. The average molecular weight is 386 g/mol. The first-order valence-corrected chi connectivity index (χ1v) is 9.43. The van der Waals surface area contributed by atoms with Crippen molar-refractivity contribution in [1.82, 2.24) is 14.8 Å². The lowest BCUT2D eigenvalue weighted by Crippen LogP contribution is -2.30. The van der Waals surface area contributed by atoms with Crippen molar-refractivity contribution in [2.45, 2.75) is 20.0 Å². The van der Waals surface area contributed by atoms with Gasteiger partial charge in [-0.1, -0.05) is 42.5 Å². The molecule has 0 aliphatic heterocycles. The summed E-state index contributed by atoms with van der Waals surface area (Å²) >= 11 is 0. The number of anilines is 1. The van der Waals surface area contributed by atoms with Gasteiger partial charge < -0.3 is 10.1 Å². The molecule has 2 aromatic heterocycles. The first-order chi connectivity index (χ1) is 14.0. The van der Waals surface area contributed by atoms with Gasteiger partial charge in [0.15, 0.2) is 11.8 Å². The number of carbonyl (C=O) groups is 1. The van der Waals surface area contributed by atoms with E-state index < -0.39 is 6.10 Å². The van der Waals surface area contributed by atoms with Crippen LogP contribution >= 0.6 is 0 Å². The first-order valence-electron chi connectivity index (χ1n) is 9.43. The highest BCUT2D eigenvalue weighted by atomic mass is 16.5. The largest absolute Gasteiger partial charge is 0.481 e. The third kappa shape index (κ3) is 3.96. The van der Waals surface area contributed by atoms with Gasteiger partial charge in [0.05, 0.1) is 17.6 Å². The highest BCUT2D eigenvalue weighted by molar-refractivity contribution is 5.95. The number of aromatic nitrogens is 3. The fraction of sp³-hybridized carbons (Fsp3) is 0.174. The van der Waals surface area contributed by atoms with Crippen molar-refractivity contribution in [2.75, 3.05) is 5.32 Å². The molecule has 0 aliphatic rings. The van der Waals surface area contributed by atoms with E-state index in [1.54, 1.807) is 17.8 Å². The van der Waals surface area contributed by atoms with Crippen molar-refractivity contribution in [2.24, 2.45) is 7.05 Å². The minimum Gasteiger partial charge on any atom is -0.481 e. The Bertz CT molecular complexity index is 1150. The number of aryl methyl sites for hydroxylation is 2. The van der Waals surface area contributed by atoms with Gasteiger partial charge in [-0.2, -0.15) is 5.10 Å². The molecule has 4 aromatic rings. The van der Waals surface area contributed by atoms with E-state index >= 15 is 0 Å². The zero-order valence-corrected chi connectivity index (χ0v) is 16.6. The maximum absolute atomic E-state index is 12.5. The van der Waals surface area contributed by atoms with E-state index in [1.807, 2.05) is 62.5 Å². The normalized spacial score (nSPS) is 12.0. The van der Waals surface area contributed by atoms with Gasteiger partial charge in [-0.15, -0.1) is 0 Å². The summed E-state index contributed by atoms with van der Waals surface area (Å²) in [5.41, 5.74) is 4.50. The molecular weight excluding hydrogens is 364 g/mol. The lowest BCUT2D eigenvalue weighted by Gasteiger charge is -2.15. The average Bonchev–Trinajstić information content (AvgIpc) is 3.02. The van der Waals surface area contributed by atoms with Crippen LogP contribution in [0.15, 0.2) is 66.9 Å². The Balaban J connectivity index is 1.42. The van der Waals surface area contributed by atoms with Gasteiger partial charge in [0.2, 0.25) is 0 Å². The zero-order valence-electron chi connectivity index (χ0n) is 16.6. The van der Waals surface area contributed by atoms with E-state index in [0.29, 0.717) is 11.4 Å². The summed E-state index contributed by atoms with van der Waals surface area (Å²) in [6.07, 6.45) is 0.978. The molecule has 2 aromatic carbocycles. The van der Waals surface area contributed by atoms with Crippen molar-refractivity contribution >= 4 is 22.6 Å². The molecule has 0 aliphatic carbocycles. The summed E-state index contributed by atoms with van der Waals surface area (Å²) in [6.45, 7) is 3.64. The van der Waals surface area contributed by atoms with E-state index in [9.17, 15) is 4.79 Å². The van der Waals surface area contributed by atoms with E-state index in [0.717, 1.165) is 27.9 Å². The van der Waals surface area contributed by atoms with Crippen molar-refractivity contribution in [1.29, 1.82) is 0 Å². The molecule has 6 nitrogen and oxygen atoms in total. The van der Waals surface area contributed by atoms with Crippen molar-refractivity contribution in [3.8, 4) is 16.9 Å². The number of ether oxygens (including phenoxy) is 1. The molecule has 0 saturated heterocycles. The fourth-order valence-electron chi connectivity index (χ4n) is 3.23. The third-order valence-electron chi connectivity index (χ3n) is 4.77. The summed E-state index contributed by atoms with van der Waals surface area (Å²) in [5.74, 6) is 0.406. The number of pyridine rings is 1. The smallest absolute Gasteiger partial charge is 0.265 e. The van der Waals surface area contributed by atoms with Crippen LogP contribution < -0.4 is 10.1 Å². The van der Waals surface area contributed by atoms with Crippen LogP contribution in [-0.2, 0) is 11.8 Å². The number of nitrogens with zero attached hydrogens (tertiary/aromatic N) is 3. The van der Waals surface area contributed by atoms with Crippen LogP contribution in [0.3, 0.4) is 0 Å². The number of hydrogen-bond acceptors (Lipinski definition) is 4. The molecule has 0 bridgehead atoms. The summed E-state index contributed by atoms with van der Waals surface area (Å²) in [5, 5.41) is 8.12. The van der Waals surface area contributed by atoms with Crippen molar-refractivity contribution in [3.63, 3.8) is 0 Å². The number of nitrogens with one attached hydrogen (secondary N) is 1. The molecule has 1 atom stereocenters. The Morgan fingerprint density at radius 1 is 1.07 bits per heavy atom. The summed E-state index contributed by atoms with van der Waals surface area (Å²) in [6, 6.07) is 19.7. The quantitative estimate of drug-likeness (QED) is 0.554. The molecule has 4 rings (SSSR count). The Morgan fingerprint density at radius 2 is 1.76 bits per heavy atom. The summed E-state index contributed by atoms with van der Waals surface area (Å²) in [7, 11) is 1.85. The van der Waals surface area contributed by atoms with Crippen molar-refractivity contribution < 1.29 is 9.53 Å². The molecule has 1 N–H and O–H groups in total. The van der Waals surface area contributed by atoms with Crippen LogP contribution in [0.5, 0.6) is 5.75 Å². The molecule has 29 heavy (non-hydrogen) atoms. The second-order valence-corrected chi connectivity index (χ2v) is 6.94. The molecule has 1 unspecified atom stereocenters. The molecule has 0 spiro atoms. The molecule has 1 amide bonds. The van der Waals surface area contributed by atoms with Gasteiger partial charge in [-0.05, 0) is 43.2 Å². The predicted molar refractivity (Wildman–Crippen MR) is 114 cm³/mol. The second kappa shape index (κ2) is 7.75. The van der Waals surface area contributed by atoms with Crippen LogP contribution in [0.25, 0.3) is 22.2 Å². The van der Waals surface area contributed by atoms with Gasteiger partial charge in [0.25, 0.3) is 5.91 Å². The zero-order chi connectivity index (χ0) is 20.4. The molecule has 2 heterocycles. The molecule has 0 fully saturated rings. The van der Waals surface area contributed by atoms with Gasteiger partial charge in [0.1, 0.15) is 5.75 Å². The standard InChI is InChI=1S/C23H22N4O2/c1-15-21-13-19(14-24-22(21)27(3)26-15)25-23(28)16(2)29-20-11-9-18(10-12-20)17-7-5-4-6-8-17/h4-14,16H,1-3H3,(H,25,28). The Hall–Kier alpha value is -3.67. The lowest BCUT2D eigenvalue weighted by molar-refractivity contribution is -0.122. The van der Waals surface area contributed by atoms with Crippen molar-refractivity contribution in [3.05, 3.63) is 72.6 Å². The highest BCUT2D eigenvalue weighted by Gasteiger charge is 2.16. The van der Waals surface area contributed by atoms with Gasteiger partial charge in [-0.3, -0.25) is 9.48 Å². The van der Waals surface area contributed by atoms with E-state index in [-0.39, 0.29) is 5.91 Å². The van der Waals surface area contributed by atoms with Crippen LogP contribution in [0.2, 0.25) is 0 Å².